The average molecular weight is 391 g/mol. The molecule has 0 heterocycles. The minimum absolute atomic E-state index is 0.0255. The van der Waals surface area contributed by atoms with Crippen LogP contribution in [0.3, 0.4) is 0 Å². The zero-order valence-electron chi connectivity index (χ0n) is 16.0. The standard InChI is InChI=1S/C20H23ClN2O4/c1-23(2)16-8-6-12(11-15(16)22)18(24)14(21)10-13-7-9-17(25-3)20(27-5)19(13)26-4/h6-11H,22H2,1-5H3. The van der Waals surface area contributed by atoms with Crippen LogP contribution in [0, 0.1) is 0 Å². The molecule has 27 heavy (non-hydrogen) atoms. The smallest absolute Gasteiger partial charge is 0.204 e. The van der Waals surface area contributed by atoms with Gasteiger partial charge in [0.25, 0.3) is 0 Å². The lowest BCUT2D eigenvalue weighted by atomic mass is 10.1. The van der Waals surface area contributed by atoms with Gasteiger partial charge in [-0.15, -0.1) is 0 Å². The lowest BCUT2D eigenvalue weighted by Gasteiger charge is -2.16. The average Bonchev–Trinajstić information content (AvgIpc) is 2.66. The van der Waals surface area contributed by atoms with E-state index in [1.165, 1.54) is 27.4 Å². The molecular weight excluding hydrogens is 368 g/mol. The number of carbonyl (C=O) groups is 1. The van der Waals surface area contributed by atoms with Crippen molar-refractivity contribution in [3.8, 4) is 17.2 Å². The monoisotopic (exact) mass is 390 g/mol. The van der Waals surface area contributed by atoms with E-state index in [1.54, 1.807) is 30.3 Å². The van der Waals surface area contributed by atoms with E-state index in [1.807, 2.05) is 19.0 Å². The van der Waals surface area contributed by atoms with E-state index >= 15 is 0 Å². The molecule has 0 bridgehead atoms. The summed E-state index contributed by atoms with van der Waals surface area (Å²) >= 11 is 6.29. The number of rotatable bonds is 7. The number of benzene rings is 2. The molecule has 0 amide bonds. The molecule has 0 fully saturated rings. The summed E-state index contributed by atoms with van der Waals surface area (Å²) in [5.74, 6) is 1.02. The summed E-state index contributed by atoms with van der Waals surface area (Å²) < 4.78 is 16.0. The van der Waals surface area contributed by atoms with Gasteiger partial charge in [0.1, 0.15) is 0 Å². The summed E-state index contributed by atoms with van der Waals surface area (Å²) in [4.78, 5) is 14.6. The molecule has 2 aromatic carbocycles. The number of halogens is 1. The summed E-state index contributed by atoms with van der Waals surface area (Å²) in [5, 5.41) is 0.0255. The molecule has 2 N–H and O–H groups in total. The first-order valence-corrected chi connectivity index (χ1v) is 8.49. The highest BCUT2D eigenvalue weighted by atomic mass is 35.5. The first-order chi connectivity index (χ1) is 12.8. The van der Waals surface area contributed by atoms with Crippen molar-refractivity contribution >= 4 is 34.8 Å². The minimum atomic E-state index is -0.342. The summed E-state index contributed by atoms with van der Waals surface area (Å²) in [7, 11) is 8.30. The predicted octanol–water partition coefficient (Wildman–Crippen LogP) is 3.82. The van der Waals surface area contributed by atoms with Gasteiger partial charge in [-0.2, -0.15) is 0 Å². The molecule has 0 saturated carbocycles. The van der Waals surface area contributed by atoms with Gasteiger partial charge in [0.15, 0.2) is 11.5 Å². The maximum Gasteiger partial charge on any atom is 0.204 e. The molecule has 144 valence electrons. The highest BCUT2D eigenvalue weighted by Gasteiger charge is 2.17. The van der Waals surface area contributed by atoms with E-state index < -0.39 is 0 Å². The molecule has 0 aromatic heterocycles. The van der Waals surface area contributed by atoms with E-state index in [0.29, 0.717) is 34.1 Å². The van der Waals surface area contributed by atoms with Gasteiger partial charge in [-0.05, 0) is 36.4 Å². The van der Waals surface area contributed by atoms with Crippen molar-refractivity contribution in [3.05, 3.63) is 46.5 Å². The topological polar surface area (TPSA) is 74.0 Å². The number of Topliss-reactive ketones (excluding diaryl/α,β-unsaturated/α-hetero) is 1. The van der Waals surface area contributed by atoms with Crippen LogP contribution in [0.15, 0.2) is 35.4 Å². The molecular formula is C20H23ClN2O4. The van der Waals surface area contributed by atoms with Crippen LogP contribution in [0.4, 0.5) is 11.4 Å². The molecule has 0 unspecified atom stereocenters. The van der Waals surface area contributed by atoms with Crippen LogP contribution in [0.1, 0.15) is 15.9 Å². The molecule has 0 aliphatic carbocycles. The number of ketones is 1. The Hall–Kier alpha value is -2.86. The van der Waals surface area contributed by atoms with Crippen LogP contribution in [-0.2, 0) is 0 Å². The molecule has 0 aliphatic rings. The fourth-order valence-corrected chi connectivity index (χ4v) is 2.91. The summed E-state index contributed by atoms with van der Waals surface area (Å²) in [6, 6.07) is 8.53. The lowest BCUT2D eigenvalue weighted by molar-refractivity contribution is 0.104. The van der Waals surface area contributed by atoms with Gasteiger partial charge >= 0.3 is 0 Å². The number of methoxy groups -OCH3 is 3. The Morgan fingerprint density at radius 3 is 2.22 bits per heavy atom. The quantitative estimate of drug-likeness (QED) is 0.440. The second-order valence-electron chi connectivity index (χ2n) is 5.91. The van der Waals surface area contributed by atoms with Gasteiger partial charge < -0.3 is 24.8 Å². The molecule has 0 spiro atoms. The number of carbonyl (C=O) groups excluding carboxylic acids is 1. The number of hydrogen-bond donors (Lipinski definition) is 1. The largest absolute Gasteiger partial charge is 0.493 e. The fraction of sp³-hybridized carbons (Fsp3) is 0.250. The summed E-state index contributed by atoms with van der Waals surface area (Å²) in [5.41, 5.74) is 8.34. The Kier molecular flexibility index (Phi) is 6.58. The van der Waals surface area contributed by atoms with Crippen LogP contribution in [0.5, 0.6) is 17.2 Å². The van der Waals surface area contributed by atoms with E-state index in [0.717, 1.165) is 5.69 Å². The van der Waals surface area contributed by atoms with Crippen LogP contribution < -0.4 is 24.8 Å². The lowest BCUT2D eigenvalue weighted by Crippen LogP contribution is -2.12. The Balaban J connectivity index is 2.42. The van der Waals surface area contributed by atoms with Gasteiger partial charge in [-0.25, -0.2) is 0 Å². The van der Waals surface area contributed by atoms with Gasteiger partial charge in [0.05, 0.1) is 37.7 Å². The fourth-order valence-electron chi connectivity index (χ4n) is 2.68. The number of ether oxygens (including phenoxy) is 3. The molecule has 0 radical (unpaired) electrons. The zero-order chi connectivity index (χ0) is 20.1. The van der Waals surface area contributed by atoms with Gasteiger partial charge in [-0.3, -0.25) is 4.79 Å². The third-order valence-electron chi connectivity index (χ3n) is 4.01. The van der Waals surface area contributed by atoms with Crippen molar-refractivity contribution < 1.29 is 19.0 Å². The van der Waals surface area contributed by atoms with Gasteiger partial charge in [0.2, 0.25) is 11.5 Å². The van der Waals surface area contributed by atoms with Crippen LogP contribution in [0.25, 0.3) is 6.08 Å². The van der Waals surface area contributed by atoms with Crippen molar-refractivity contribution in [2.45, 2.75) is 0 Å². The van der Waals surface area contributed by atoms with Crippen molar-refractivity contribution in [1.82, 2.24) is 0 Å². The molecule has 0 aliphatic heterocycles. The van der Waals surface area contributed by atoms with Gasteiger partial charge in [0, 0.05) is 25.2 Å². The van der Waals surface area contributed by atoms with Crippen molar-refractivity contribution in [1.29, 1.82) is 0 Å². The van der Waals surface area contributed by atoms with Crippen molar-refractivity contribution in [2.75, 3.05) is 46.1 Å². The number of nitrogens with two attached hydrogens (primary N) is 1. The second kappa shape index (κ2) is 8.68. The first kappa shape index (κ1) is 20.5. The highest BCUT2D eigenvalue weighted by Crippen LogP contribution is 2.41. The van der Waals surface area contributed by atoms with Crippen LogP contribution in [-0.4, -0.2) is 41.2 Å². The number of hydrogen-bond acceptors (Lipinski definition) is 6. The van der Waals surface area contributed by atoms with E-state index in [2.05, 4.69) is 0 Å². The first-order valence-electron chi connectivity index (χ1n) is 8.11. The van der Waals surface area contributed by atoms with Crippen molar-refractivity contribution in [2.24, 2.45) is 0 Å². The molecule has 2 aromatic rings. The molecule has 7 heteroatoms. The molecule has 6 nitrogen and oxygen atoms in total. The van der Waals surface area contributed by atoms with E-state index in [9.17, 15) is 4.79 Å². The number of nitrogens with zero attached hydrogens (tertiary/aromatic N) is 1. The third kappa shape index (κ3) is 4.28. The van der Waals surface area contributed by atoms with Crippen molar-refractivity contribution in [3.63, 3.8) is 0 Å². The second-order valence-corrected chi connectivity index (χ2v) is 6.32. The molecule has 0 atom stereocenters. The Bertz CT molecular complexity index is 879. The predicted molar refractivity (Wildman–Crippen MR) is 109 cm³/mol. The SMILES string of the molecule is COc1ccc(C=C(Cl)C(=O)c2ccc(N(C)C)c(N)c2)c(OC)c1OC. The minimum Gasteiger partial charge on any atom is -0.493 e. The van der Waals surface area contributed by atoms with Gasteiger partial charge in [-0.1, -0.05) is 11.6 Å². The summed E-state index contributed by atoms with van der Waals surface area (Å²) in [6.07, 6.45) is 1.53. The maximum atomic E-state index is 12.7. The number of anilines is 2. The normalized spacial score (nSPS) is 11.1. The molecule has 2 rings (SSSR count). The van der Waals surface area contributed by atoms with E-state index in [-0.39, 0.29) is 10.8 Å². The third-order valence-corrected chi connectivity index (χ3v) is 4.29. The van der Waals surface area contributed by atoms with E-state index in [4.69, 9.17) is 31.5 Å². The van der Waals surface area contributed by atoms with Crippen LogP contribution >= 0.6 is 11.6 Å². The Labute approximate surface area is 164 Å². The Morgan fingerprint density at radius 2 is 1.70 bits per heavy atom. The number of nitrogen functional groups attached to an aromatic ring is 1. The zero-order valence-corrected chi connectivity index (χ0v) is 16.8. The molecule has 0 saturated heterocycles. The summed E-state index contributed by atoms with van der Waals surface area (Å²) in [6.45, 7) is 0. The Morgan fingerprint density at radius 1 is 1.04 bits per heavy atom. The van der Waals surface area contributed by atoms with Crippen LogP contribution in [0.2, 0.25) is 0 Å². The highest BCUT2D eigenvalue weighted by molar-refractivity contribution is 6.47. The number of allylic oxidation sites excluding steroid dienone is 1. The maximum absolute atomic E-state index is 12.7.